The third-order valence-corrected chi connectivity index (χ3v) is 4.59. The Hall–Kier alpha value is -2.68. The number of carbonyl (C=O) groups excluding carboxylic acids is 1. The molecule has 1 amide bonds. The van der Waals surface area contributed by atoms with E-state index in [2.05, 4.69) is 22.3 Å². The predicted molar refractivity (Wildman–Crippen MR) is 94.7 cm³/mol. The molecule has 2 N–H and O–H groups in total. The average molecular weight is 335 g/mol. The topological polar surface area (TPSA) is 76.4 Å². The SMILES string of the molecule is N#Cc1ccc(C(=O)N[C@@H]2CN(Cc3ccccc3)C[C@H]2CO)cc1. The molecule has 1 aliphatic heterocycles. The van der Waals surface area contributed by atoms with Crippen LogP contribution in [0.3, 0.4) is 0 Å². The fraction of sp³-hybridized carbons (Fsp3) is 0.300. The highest BCUT2D eigenvalue weighted by atomic mass is 16.3. The molecule has 0 aromatic heterocycles. The Morgan fingerprint density at radius 2 is 1.88 bits per heavy atom. The van der Waals surface area contributed by atoms with Gasteiger partial charge in [-0.15, -0.1) is 0 Å². The van der Waals surface area contributed by atoms with Crippen LogP contribution in [-0.4, -0.2) is 41.7 Å². The lowest BCUT2D eigenvalue weighted by molar-refractivity contribution is 0.0921. The van der Waals surface area contributed by atoms with Crippen LogP contribution in [0.25, 0.3) is 0 Å². The van der Waals surface area contributed by atoms with Crippen molar-refractivity contribution in [3.8, 4) is 6.07 Å². The normalized spacial score (nSPS) is 20.2. The molecule has 0 spiro atoms. The van der Waals surface area contributed by atoms with Gasteiger partial charge in [0.05, 0.1) is 11.6 Å². The van der Waals surface area contributed by atoms with Gasteiger partial charge in [0.25, 0.3) is 5.91 Å². The molecular formula is C20H21N3O2. The van der Waals surface area contributed by atoms with Crippen LogP contribution in [0.1, 0.15) is 21.5 Å². The maximum absolute atomic E-state index is 12.4. The molecule has 2 aromatic rings. The summed E-state index contributed by atoms with van der Waals surface area (Å²) in [5.41, 5.74) is 2.27. The van der Waals surface area contributed by atoms with E-state index in [9.17, 15) is 9.90 Å². The first-order valence-electron chi connectivity index (χ1n) is 8.37. The number of likely N-dealkylation sites (tertiary alicyclic amines) is 1. The Morgan fingerprint density at radius 3 is 2.52 bits per heavy atom. The first-order valence-corrected chi connectivity index (χ1v) is 8.37. The molecule has 128 valence electrons. The summed E-state index contributed by atoms with van der Waals surface area (Å²) in [4.78, 5) is 14.7. The number of aliphatic hydroxyl groups excluding tert-OH is 1. The van der Waals surface area contributed by atoms with E-state index in [-0.39, 0.29) is 24.5 Å². The fourth-order valence-electron chi connectivity index (χ4n) is 3.23. The number of nitrogens with zero attached hydrogens (tertiary/aromatic N) is 2. The van der Waals surface area contributed by atoms with Crippen LogP contribution in [0.5, 0.6) is 0 Å². The summed E-state index contributed by atoms with van der Waals surface area (Å²) in [5, 5.41) is 21.5. The molecule has 25 heavy (non-hydrogen) atoms. The monoisotopic (exact) mass is 335 g/mol. The minimum atomic E-state index is -0.172. The van der Waals surface area contributed by atoms with Gasteiger partial charge >= 0.3 is 0 Å². The average Bonchev–Trinajstić information content (AvgIpc) is 3.03. The summed E-state index contributed by atoms with van der Waals surface area (Å²) in [6, 6.07) is 18.7. The molecule has 0 saturated carbocycles. The van der Waals surface area contributed by atoms with Crippen LogP contribution < -0.4 is 5.32 Å². The third-order valence-electron chi connectivity index (χ3n) is 4.59. The molecule has 5 heteroatoms. The molecule has 1 aliphatic rings. The highest BCUT2D eigenvalue weighted by Crippen LogP contribution is 2.19. The number of nitriles is 1. The Bertz CT molecular complexity index is 753. The molecule has 0 radical (unpaired) electrons. The highest BCUT2D eigenvalue weighted by Gasteiger charge is 2.33. The molecule has 2 atom stereocenters. The number of nitrogens with one attached hydrogen (secondary N) is 1. The summed E-state index contributed by atoms with van der Waals surface area (Å²) in [6.07, 6.45) is 0. The summed E-state index contributed by atoms with van der Waals surface area (Å²) in [6.45, 7) is 2.32. The van der Waals surface area contributed by atoms with Gasteiger partial charge in [-0.1, -0.05) is 30.3 Å². The van der Waals surface area contributed by atoms with E-state index in [0.29, 0.717) is 17.7 Å². The van der Waals surface area contributed by atoms with Gasteiger partial charge in [-0.3, -0.25) is 9.69 Å². The predicted octanol–water partition coefficient (Wildman–Crippen LogP) is 1.78. The molecule has 0 aliphatic carbocycles. The number of amides is 1. The van der Waals surface area contributed by atoms with Crippen LogP contribution in [0.15, 0.2) is 54.6 Å². The zero-order valence-electron chi connectivity index (χ0n) is 13.9. The Morgan fingerprint density at radius 1 is 1.16 bits per heavy atom. The van der Waals surface area contributed by atoms with Crippen molar-refractivity contribution in [3.05, 3.63) is 71.3 Å². The smallest absolute Gasteiger partial charge is 0.251 e. The first kappa shape index (κ1) is 17.2. The van der Waals surface area contributed by atoms with E-state index >= 15 is 0 Å². The molecular weight excluding hydrogens is 314 g/mol. The molecule has 5 nitrogen and oxygen atoms in total. The maximum atomic E-state index is 12.4. The molecule has 0 bridgehead atoms. The van der Waals surface area contributed by atoms with Crippen LogP contribution in [0.4, 0.5) is 0 Å². The van der Waals surface area contributed by atoms with Crippen molar-refractivity contribution >= 4 is 5.91 Å². The zero-order chi connectivity index (χ0) is 17.6. The van der Waals surface area contributed by atoms with Crippen molar-refractivity contribution in [2.24, 2.45) is 5.92 Å². The van der Waals surface area contributed by atoms with Gasteiger partial charge in [-0.05, 0) is 29.8 Å². The molecule has 1 fully saturated rings. The van der Waals surface area contributed by atoms with Crippen molar-refractivity contribution in [2.45, 2.75) is 12.6 Å². The summed E-state index contributed by atoms with van der Waals surface area (Å²) < 4.78 is 0. The van der Waals surface area contributed by atoms with Crippen LogP contribution in [0.2, 0.25) is 0 Å². The fourth-order valence-corrected chi connectivity index (χ4v) is 3.23. The number of benzene rings is 2. The number of rotatable bonds is 5. The lowest BCUT2D eigenvalue weighted by atomic mass is 10.0. The molecule has 2 aromatic carbocycles. The standard InChI is InChI=1S/C20H21N3O2/c21-10-15-6-8-17(9-7-15)20(25)22-19-13-23(12-18(19)14-24)11-16-4-2-1-3-5-16/h1-9,18-19,24H,11-14H2,(H,22,25)/t18-,19+/m0/s1. The van der Waals surface area contributed by atoms with Crippen molar-refractivity contribution < 1.29 is 9.90 Å². The molecule has 1 heterocycles. The van der Waals surface area contributed by atoms with Crippen LogP contribution in [0, 0.1) is 17.2 Å². The second-order valence-electron chi connectivity index (χ2n) is 6.39. The minimum absolute atomic E-state index is 0.0195. The first-order chi connectivity index (χ1) is 12.2. The molecule has 3 rings (SSSR count). The van der Waals surface area contributed by atoms with Gasteiger partial charge in [0, 0.05) is 43.8 Å². The lowest BCUT2D eigenvalue weighted by Crippen LogP contribution is -2.41. The van der Waals surface area contributed by atoms with E-state index in [1.807, 2.05) is 24.3 Å². The Kier molecular flexibility index (Phi) is 5.44. The number of carbonyl (C=O) groups is 1. The Labute approximate surface area is 147 Å². The van der Waals surface area contributed by atoms with E-state index < -0.39 is 0 Å². The summed E-state index contributed by atoms with van der Waals surface area (Å²) >= 11 is 0. The van der Waals surface area contributed by atoms with Crippen molar-refractivity contribution in [2.75, 3.05) is 19.7 Å². The van der Waals surface area contributed by atoms with E-state index in [4.69, 9.17) is 5.26 Å². The van der Waals surface area contributed by atoms with Gasteiger partial charge in [0.15, 0.2) is 0 Å². The zero-order valence-corrected chi connectivity index (χ0v) is 13.9. The van der Waals surface area contributed by atoms with Gasteiger partial charge in [-0.2, -0.15) is 5.26 Å². The highest BCUT2D eigenvalue weighted by molar-refractivity contribution is 5.94. The van der Waals surface area contributed by atoms with Gasteiger partial charge in [-0.25, -0.2) is 0 Å². The van der Waals surface area contributed by atoms with E-state index in [0.717, 1.165) is 13.1 Å². The van der Waals surface area contributed by atoms with Gasteiger partial charge in [0.2, 0.25) is 0 Å². The molecule has 1 saturated heterocycles. The van der Waals surface area contributed by atoms with Gasteiger partial charge in [0.1, 0.15) is 0 Å². The quantitative estimate of drug-likeness (QED) is 0.873. The lowest BCUT2D eigenvalue weighted by Gasteiger charge is -2.18. The van der Waals surface area contributed by atoms with Crippen molar-refractivity contribution in [1.29, 1.82) is 5.26 Å². The number of hydrogen-bond donors (Lipinski definition) is 2. The number of aliphatic hydroxyl groups is 1. The van der Waals surface area contributed by atoms with Gasteiger partial charge < -0.3 is 10.4 Å². The van der Waals surface area contributed by atoms with Crippen LogP contribution >= 0.6 is 0 Å². The van der Waals surface area contributed by atoms with Crippen molar-refractivity contribution in [3.63, 3.8) is 0 Å². The minimum Gasteiger partial charge on any atom is -0.396 e. The maximum Gasteiger partial charge on any atom is 0.251 e. The second-order valence-corrected chi connectivity index (χ2v) is 6.39. The summed E-state index contributed by atoms with van der Waals surface area (Å²) in [7, 11) is 0. The summed E-state index contributed by atoms with van der Waals surface area (Å²) in [5.74, 6) is -0.152. The van der Waals surface area contributed by atoms with E-state index in [1.54, 1.807) is 24.3 Å². The second kappa shape index (κ2) is 7.93. The number of hydrogen-bond acceptors (Lipinski definition) is 4. The van der Waals surface area contributed by atoms with E-state index in [1.165, 1.54) is 5.56 Å². The van der Waals surface area contributed by atoms with Crippen LogP contribution in [-0.2, 0) is 6.54 Å². The third kappa shape index (κ3) is 4.24. The molecule has 0 unspecified atom stereocenters. The van der Waals surface area contributed by atoms with Crippen molar-refractivity contribution in [1.82, 2.24) is 10.2 Å². The largest absolute Gasteiger partial charge is 0.396 e. The Balaban J connectivity index is 1.62.